The molecule has 0 radical (unpaired) electrons. The minimum absolute atomic E-state index is 0.0998. The number of sulfonamides is 1. The van der Waals surface area contributed by atoms with Gasteiger partial charge in [0, 0.05) is 32.1 Å². The molecule has 0 aliphatic heterocycles. The molecule has 1 amide bonds. The van der Waals surface area contributed by atoms with Crippen LogP contribution in [0.15, 0.2) is 64.9 Å². The van der Waals surface area contributed by atoms with E-state index in [0.29, 0.717) is 17.9 Å². The smallest absolute Gasteiger partial charge is 0.244 e. The fourth-order valence-electron chi connectivity index (χ4n) is 2.85. The molecular weight excluding hydrogens is 446 g/mol. The van der Waals surface area contributed by atoms with Crippen molar-refractivity contribution in [2.24, 2.45) is 0 Å². The van der Waals surface area contributed by atoms with Crippen molar-refractivity contribution in [1.82, 2.24) is 14.6 Å². The van der Waals surface area contributed by atoms with Gasteiger partial charge >= 0.3 is 0 Å². The summed E-state index contributed by atoms with van der Waals surface area (Å²) in [7, 11) is -0.643. The zero-order chi connectivity index (χ0) is 23.1. The van der Waals surface area contributed by atoms with Crippen molar-refractivity contribution in [2.45, 2.75) is 25.0 Å². The highest BCUT2D eigenvalue weighted by atomic mass is 32.2. The summed E-state index contributed by atoms with van der Waals surface area (Å²) in [6, 6.07) is 14.0. The Morgan fingerprint density at radius 1 is 1.19 bits per heavy atom. The van der Waals surface area contributed by atoms with Gasteiger partial charge in [0.1, 0.15) is 12.4 Å². The molecule has 0 aliphatic rings. The van der Waals surface area contributed by atoms with E-state index in [9.17, 15) is 13.2 Å². The van der Waals surface area contributed by atoms with E-state index >= 15 is 0 Å². The SMILES string of the molecule is Cc1nc(COc2cccc(/C=C/C(=O)NCc3ccccc3S(=O)(=O)N(C)C)c2)cs1. The molecule has 3 rings (SSSR count). The van der Waals surface area contributed by atoms with Crippen LogP contribution in [0.2, 0.25) is 0 Å². The summed E-state index contributed by atoms with van der Waals surface area (Å²) in [5, 5.41) is 5.69. The van der Waals surface area contributed by atoms with Crippen molar-refractivity contribution in [2.75, 3.05) is 14.1 Å². The van der Waals surface area contributed by atoms with Gasteiger partial charge in [-0.2, -0.15) is 0 Å². The van der Waals surface area contributed by atoms with Gasteiger partial charge in [0.15, 0.2) is 0 Å². The molecule has 32 heavy (non-hydrogen) atoms. The number of benzene rings is 2. The minimum Gasteiger partial charge on any atom is -0.487 e. The Kier molecular flexibility index (Phi) is 7.79. The Labute approximate surface area is 192 Å². The summed E-state index contributed by atoms with van der Waals surface area (Å²) in [4.78, 5) is 16.8. The molecule has 7 nitrogen and oxygen atoms in total. The third-order valence-corrected chi connectivity index (χ3v) is 7.26. The van der Waals surface area contributed by atoms with Gasteiger partial charge in [-0.25, -0.2) is 17.7 Å². The number of hydrogen-bond acceptors (Lipinski definition) is 6. The first kappa shape index (κ1) is 23.6. The quantitative estimate of drug-likeness (QED) is 0.482. The number of rotatable bonds is 9. The van der Waals surface area contributed by atoms with Crippen LogP contribution in [0.1, 0.15) is 21.8 Å². The Hall–Kier alpha value is -3.01. The lowest BCUT2D eigenvalue weighted by atomic mass is 10.2. The number of ether oxygens (including phenoxy) is 1. The molecule has 0 spiro atoms. The van der Waals surface area contributed by atoms with E-state index in [0.717, 1.165) is 20.6 Å². The normalized spacial score (nSPS) is 11.8. The fraction of sp³-hybridized carbons (Fsp3) is 0.217. The van der Waals surface area contributed by atoms with E-state index < -0.39 is 10.0 Å². The van der Waals surface area contributed by atoms with Gasteiger partial charge < -0.3 is 10.1 Å². The molecule has 0 saturated heterocycles. The summed E-state index contributed by atoms with van der Waals surface area (Å²) in [5.41, 5.74) is 2.21. The Bertz CT molecular complexity index is 1220. The van der Waals surface area contributed by atoms with Crippen molar-refractivity contribution in [1.29, 1.82) is 0 Å². The fourth-order valence-corrected chi connectivity index (χ4v) is 4.56. The van der Waals surface area contributed by atoms with Crippen molar-refractivity contribution in [3.05, 3.63) is 81.8 Å². The molecule has 0 aliphatic carbocycles. The predicted octanol–water partition coefficient (Wildman–Crippen LogP) is 3.61. The first-order chi connectivity index (χ1) is 15.3. The summed E-state index contributed by atoms with van der Waals surface area (Å²) in [6.07, 6.45) is 3.09. The first-order valence-corrected chi connectivity index (χ1v) is 12.2. The minimum atomic E-state index is -3.59. The molecular formula is C23H25N3O4S2. The Morgan fingerprint density at radius 3 is 2.69 bits per heavy atom. The number of aryl methyl sites for hydroxylation is 1. The van der Waals surface area contributed by atoms with Crippen LogP contribution in [0, 0.1) is 6.92 Å². The van der Waals surface area contributed by atoms with Gasteiger partial charge in [0.25, 0.3) is 0 Å². The lowest BCUT2D eigenvalue weighted by Crippen LogP contribution is -2.26. The number of thiazole rings is 1. The molecule has 2 aromatic carbocycles. The second-order valence-corrected chi connectivity index (χ2v) is 10.3. The summed E-state index contributed by atoms with van der Waals surface area (Å²) >= 11 is 1.58. The number of nitrogens with one attached hydrogen (secondary N) is 1. The van der Waals surface area contributed by atoms with Gasteiger partial charge in [-0.3, -0.25) is 4.79 Å². The molecule has 1 aromatic heterocycles. The number of amides is 1. The molecule has 0 atom stereocenters. The Morgan fingerprint density at radius 2 is 1.97 bits per heavy atom. The van der Waals surface area contributed by atoms with Crippen LogP contribution in [0.3, 0.4) is 0 Å². The van der Waals surface area contributed by atoms with E-state index in [-0.39, 0.29) is 17.3 Å². The molecule has 0 unspecified atom stereocenters. The van der Waals surface area contributed by atoms with Gasteiger partial charge in [0.2, 0.25) is 15.9 Å². The highest BCUT2D eigenvalue weighted by molar-refractivity contribution is 7.89. The van der Waals surface area contributed by atoms with Gasteiger partial charge in [-0.15, -0.1) is 11.3 Å². The van der Waals surface area contributed by atoms with Crippen LogP contribution in [-0.4, -0.2) is 37.7 Å². The molecule has 0 saturated carbocycles. The van der Waals surface area contributed by atoms with Gasteiger partial charge in [0.05, 0.1) is 15.6 Å². The van der Waals surface area contributed by atoms with Crippen molar-refractivity contribution in [3.8, 4) is 5.75 Å². The maximum absolute atomic E-state index is 12.5. The summed E-state index contributed by atoms with van der Waals surface area (Å²) in [5.74, 6) is 0.354. The standard InChI is InChI=1S/C23H25N3O4S2/c1-17-25-20(16-31-17)15-30-21-9-6-7-18(13-21)11-12-23(27)24-14-19-8-4-5-10-22(19)32(28,29)26(2)3/h4-13,16H,14-15H2,1-3H3,(H,24,27)/b12-11+. The molecule has 9 heteroatoms. The van der Waals surface area contributed by atoms with Crippen LogP contribution in [0.25, 0.3) is 6.08 Å². The van der Waals surface area contributed by atoms with Crippen molar-refractivity contribution < 1.29 is 17.9 Å². The van der Waals surface area contributed by atoms with Crippen LogP contribution in [0.4, 0.5) is 0 Å². The Balaban J connectivity index is 1.60. The lowest BCUT2D eigenvalue weighted by molar-refractivity contribution is -0.116. The topological polar surface area (TPSA) is 88.6 Å². The van der Waals surface area contributed by atoms with E-state index in [4.69, 9.17) is 4.74 Å². The largest absolute Gasteiger partial charge is 0.487 e. The lowest BCUT2D eigenvalue weighted by Gasteiger charge is -2.15. The van der Waals surface area contributed by atoms with Crippen molar-refractivity contribution in [3.63, 3.8) is 0 Å². The summed E-state index contributed by atoms with van der Waals surface area (Å²) < 4.78 is 31.9. The van der Waals surface area contributed by atoms with E-state index in [2.05, 4.69) is 10.3 Å². The molecule has 3 aromatic rings. The number of carbonyl (C=O) groups excluding carboxylic acids is 1. The van der Waals surface area contributed by atoms with Crippen LogP contribution >= 0.6 is 11.3 Å². The second kappa shape index (κ2) is 10.5. The second-order valence-electron chi connectivity index (χ2n) is 7.17. The third kappa shape index (κ3) is 6.25. The van der Waals surface area contributed by atoms with Crippen LogP contribution in [-0.2, 0) is 28.0 Å². The van der Waals surface area contributed by atoms with Crippen LogP contribution < -0.4 is 10.1 Å². The first-order valence-electron chi connectivity index (χ1n) is 9.86. The van der Waals surface area contributed by atoms with E-state index in [1.54, 1.807) is 35.6 Å². The zero-order valence-corrected chi connectivity index (χ0v) is 19.7. The summed E-state index contributed by atoms with van der Waals surface area (Å²) in [6.45, 7) is 2.43. The van der Waals surface area contributed by atoms with Gasteiger partial charge in [-0.05, 0) is 42.3 Å². The maximum atomic E-state index is 12.5. The van der Waals surface area contributed by atoms with E-state index in [1.165, 1.54) is 26.2 Å². The number of hydrogen-bond donors (Lipinski definition) is 1. The molecule has 1 heterocycles. The highest BCUT2D eigenvalue weighted by Crippen LogP contribution is 2.19. The maximum Gasteiger partial charge on any atom is 0.244 e. The molecule has 0 fully saturated rings. The van der Waals surface area contributed by atoms with Gasteiger partial charge in [-0.1, -0.05) is 30.3 Å². The monoisotopic (exact) mass is 471 g/mol. The molecule has 0 bridgehead atoms. The predicted molar refractivity (Wildman–Crippen MR) is 126 cm³/mol. The third-order valence-electron chi connectivity index (χ3n) is 4.52. The number of aromatic nitrogens is 1. The average molecular weight is 472 g/mol. The molecule has 1 N–H and O–H groups in total. The average Bonchev–Trinajstić information content (AvgIpc) is 3.20. The number of nitrogens with zero attached hydrogens (tertiary/aromatic N) is 2. The van der Waals surface area contributed by atoms with Crippen molar-refractivity contribution >= 4 is 33.3 Å². The van der Waals surface area contributed by atoms with Crippen LogP contribution in [0.5, 0.6) is 5.75 Å². The number of carbonyl (C=O) groups is 1. The highest BCUT2D eigenvalue weighted by Gasteiger charge is 2.20. The zero-order valence-electron chi connectivity index (χ0n) is 18.1. The molecule has 168 valence electrons. The van der Waals surface area contributed by atoms with E-state index in [1.807, 2.05) is 36.6 Å².